The molecule has 0 aliphatic rings. The molecule has 0 bridgehead atoms. The zero-order valence-corrected chi connectivity index (χ0v) is 8.59. The van der Waals surface area contributed by atoms with Crippen LogP contribution in [-0.4, -0.2) is 75.1 Å². The Balaban J connectivity index is -0.000000605. The van der Waals surface area contributed by atoms with E-state index in [0.29, 0.717) is 6.42 Å². The first-order chi connectivity index (χ1) is 5.56. The Morgan fingerprint density at radius 1 is 0.929 bits per heavy atom. The van der Waals surface area contributed by atoms with Gasteiger partial charge in [-0.15, -0.1) is 0 Å². The first kappa shape index (κ1) is 21.4. The fraction of sp³-hybridized carbons (Fsp3) is 1.00. The van der Waals surface area contributed by atoms with Crippen LogP contribution in [-0.2, 0) is 4.57 Å². The third kappa shape index (κ3) is 19.7. The summed E-state index contributed by atoms with van der Waals surface area (Å²) in [6, 6.07) is 0. The molecule has 14 heavy (non-hydrogen) atoms. The van der Waals surface area contributed by atoms with Crippen molar-refractivity contribution in [1.82, 2.24) is 0 Å². The Bertz CT molecular complexity index is 150. The summed E-state index contributed by atoms with van der Waals surface area (Å²) in [6.07, 6.45) is 6.40. The molecule has 0 atom stereocenters. The average Bonchev–Trinajstić information content (AvgIpc) is 1.94. The van der Waals surface area contributed by atoms with Gasteiger partial charge in [0, 0.05) is 6.16 Å². The van der Waals surface area contributed by atoms with Crippen LogP contribution in [0.5, 0.6) is 0 Å². The summed E-state index contributed by atoms with van der Waals surface area (Å²) in [7, 11) is -3.72. The van der Waals surface area contributed by atoms with Gasteiger partial charge in [0.05, 0.1) is 0 Å². The molecule has 0 aliphatic heterocycles. The molecule has 0 heterocycles. The zero-order chi connectivity index (χ0) is 9.45. The van der Waals surface area contributed by atoms with Crippen LogP contribution >= 0.6 is 7.60 Å². The first-order valence-electron chi connectivity index (χ1n) is 4.61. The maximum absolute atomic E-state index is 10.4. The molecule has 78 valence electrons. The zero-order valence-electron chi connectivity index (χ0n) is 7.70. The van der Waals surface area contributed by atoms with E-state index in [9.17, 15) is 4.57 Å². The van der Waals surface area contributed by atoms with Gasteiger partial charge in [-0.3, -0.25) is 4.57 Å². The third-order valence-electron chi connectivity index (χ3n) is 1.80. The van der Waals surface area contributed by atoms with E-state index in [1.807, 2.05) is 0 Å². The molecule has 2 N–H and O–H groups in total. The molecule has 0 aromatic carbocycles. The normalized spacial score (nSPS) is 10.2. The van der Waals surface area contributed by atoms with Crippen molar-refractivity contribution < 1.29 is 14.4 Å². The van der Waals surface area contributed by atoms with Gasteiger partial charge >= 0.3 is 66.7 Å². The summed E-state index contributed by atoms with van der Waals surface area (Å²) in [5.74, 6) is 0. The molecule has 6 heteroatoms. The average molecular weight is 242 g/mol. The maximum atomic E-state index is 10.4. The van der Waals surface area contributed by atoms with Gasteiger partial charge in [-0.05, 0) is 6.42 Å². The Kier molecular flexibility index (Phi) is 20.2. The Labute approximate surface area is 131 Å². The molecule has 0 unspecified atom stereocenters. The summed E-state index contributed by atoms with van der Waals surface area (Å²) in [5.41, 5.74) is 0. The number of rotatable bonds is 7. The van der Waals surface area contributed by atoms with Crippen LogP contribution in [0.25, 0.3) is 0 Å². The van der Waals surface area contributed by atoms with Crippen LogP contribution in [0.2, 0.25) is 0 Å². The van der Waals surface area contributed by atoms with E-state index in [0.717, 1.165) is 12.8 Å². The summed E-state index contributed by atoms with van der Waals surface area (Å²) in [4.78, 5) is 17.1. The number of unbranched alkanes of at least 4 members (excludes halogenated alkanes) is 5. The summed E-state index contributed by atoms with van der Waals surface area (Å²) >= 11 is 0. The summed E-state index contributed by atoms with van der Waals surface area (Å²) in [5, 5.41) is 0. The van der Waals surface area contributed by atoms with Crippen LogP contribution in [0.4, 0.5) is 0 Å². The molecular weight excluding hydrogens is 221 g/mol. The van der Waals surface area contributed by atoms with Gasteiger partial charge in [0.2, 0.25) is 0 Å². The number of hydrogen-bond acceptors (Lipinski definition) is 1. The SMILES string of the molecule is CCCCCCCCP(=O)(O)O.[NaH].[NaH]. The Morgan fingerprint density at radius 2 is 1.36 bits per heavy atom. The molecule has 0 saturated heterocycles. The van der Waals surface area contributed by atoms with Crippen molar-refractivity contribution in [2.45, 2.75) is 45.4 Å². The van der Waals surface area contributed by atoms with Crippen LogP contribution in [0.1, 0.15) is 45.4 Å². The van der Waals surface area contributed by atoms with Gasteiger partial charge in [-0.1, -0.05) is 39.0 Å². The van der Waals surface area contributed by atoms with E-state index in [1.54, 1.807) is 0 Å². The van der Waals surface area contributed by atoms with Crippen LogP contribution in [0.3, 0.4) is 0 Å². The second-order valence-electron chi connectivity index (χ2n) is 3.16. The monoisotopic (exact) mass is 242 g/mol. The van der Waals surface area contributed by atoms with E-state index in [1.165, 1.54) is 19.3 Å². The van der Waals surface area contributed by atoms with Gasteiger partial charge in [0.25, 0.3) is 0 Å². The van der Waals surface area contributed by atoms with Crippen molar-refractivity contribution >= 4 is 66.7 Å². The van der Waals surface area contributed by atoms with E-state index in [4.69, 9.17) is 9.79 Å². The minimum absolute atomic E-state index is 0. The van der Waals surface area contributed by atoms with Gasteiger partial charge < -0.3 is 9.79 Å². The van der Waals surface area contributed by atoms with Crippen molar-refractivity contribution in [1.29, 1.82) is 0 Å². The molecule has 0 aromatic rings. The van der Waals surface area contributed by atoms with Crippen molar-refractivity contribution in [3.05, 3.63) is 0 Å². The Hall–Kier alpha value is 2.15. The van der Waals surface area contributed by atoms with Crippen LogP contribution < -0.4 is 0 Å². The van der Waals surface area contributed by atoms with Crippen molar-refractivity contribution in [3.8, 4) is 0 Å². The van der Waals surface area contributed by atoms with Crippen molar-refractivity contribution in [3.63, 3.8) is 0 Å². The van der Waals surface area contributed by atoms with Gasteiger partial charge in [-0.2, -0.15) is 0 Å². The second-order valence-corrected chi connectivity index (χ2v) is 4.93. The van der Waals surface area contributed by atoms with E-state index in [-0.39, 0.29) is 65.3 Å². The predicted octanol–water partition coefficient (Wildman–Crippen LogP) is 1.23. The molecule has 0 rings (SSSR count). The topological polar surface area (TPSA) is 57.5 Å². The van der Waals surface area contributed by atoms with Crippen molar-refractivity contribution in [2.75, 3.05) is 6.16 Å². The Morgan fingerprint density at radius 3 is 1.79 bits per heavy atom. The molecule has 0 aromatic heterocycles. The fourth-order valence-electron chi connectivity index (χ4n) is 1.10. The van der Waals surface area contributed by atoms with E-state index in [2.05, 4.69) is 6.92 Å². The second kappa shape index (κ2) is 13.2. The van der Waals surface area contributed by atoms with E-state index < -0.39 is 7.60 Å². The molecule has 0 spiro atoms. The molecule has 0 saturated carbocycles. The van der Waals surface area contributed by atoms with Gasteiger partial charge in [0.15, 0.2) is 0 Å². The molecule has 0 radical (unpaired) electrons. The predicted molar refractivity (Wildman–Crippen MR) is 64.6 cm³/mol. The van der Waals surface area contributed by atoms with Gasteiger partial charge in [0.1, 0.15) is 0 Å². The van der Waals surface area contributed by atoms with Crippen LogP contribution in [0, 0.1) is 0 Å². The quantitative estimate of drug-likeness (QED) is 0.401. The standard InChI is InChI=1S/C8H19O3P.2Na.2H/c1-2-3-4-5-6-7-8-12(9,10)11;;;;/h2-8H2,1H3,(H2,9,10,11);;;;. The molecule has 3 nitrogen and oxygen atoms in total. The van der Waals surface area contributed by atoms with Crippen molar-refractivity contribution in [2.24, 2.45) is 0 Å². The minimum atomic E-state index is -3.72. The third-order valence-corrected chi connectivity index (χ3v) is 2.70. The molecular formula is C8H21Na2O3P. The van der Waals surface area contributed by atoms with E-state index >= 15 is 0 Å². The molecule has 0 fully saturated rings. The fourth-order valence-corrected chi connectivity index (χ4v) is 1.73. The summed E-state index contributed by atoms with van der Waals surface area (Å²) < 4.78 is 10.4. The number of hydrogen-bond donors (Lipinski definition) is 2. The molecule has 0 aliphatic carbocycles. The summed E-state index contributed by atoms with van der Waals surface area (Å²) in [6.45, 7) is 2.15. The first-order valence-corrected chi connectivity index (χ1v) is 6.40. The molecule has 0 amide bonds. The van der Waals surface area contributed by atoms with Gasteiger partial charge in [-0.25, -0.2) is 0 Å². The van der Waals surface area contributed by atoms with Crippen LogP contribution in [0.15, 0.2) is 0 Å².